The van der Waals surface area contributed by atoms with Crippen LogP contribution in [-0.4, -0.2) is 15.1 Å². The number of aromatic nitrogens is 3. The van der Waals surface area contributed by atoms with E-state index in [1.54, 1.807) is 22.7 Å². The number of hydrogen-bond acceptors (Lipinski definition) is 6. The lowest BCUT2D eigenvalue weighted by Gasteiger charge is -1.97. The zero-order valence-corrected chi connectivity index (χ0v) is 13.2. The molecule has 0 saturated heterocycles. The highest BCUT2D eigenvalue weighted by Gasteiger charge is 2.17. The van der Waals surface area contributed by atoms with E-state index in [0.29, 0.717) is 17.6 Å². The smallest absolute Gasteiger partial charge is 0.270 e. The molecule has 0 radical (unpaired) electrons. The van der Waals surface area contributed by atoms with Crippen LogP contribution in [-0.2, 0) is 6.42 Å². The molecule has 4 nitrogen and oxygen atoms in total. The maximum atomic E-state index is 5.39. The third kappa shape index (κ3) is 2.66. The predicted octanol–water partition coefficient (Wildman–Crippen LogP) is 4.43. The Hall–Kier alpha value is -1.53. The van der Waals surface area contributed by atoms with Crippen molar-refractivity contribution < 1.29 is 4.52 Å². The minimum Gasteiger partial charge on any atom is -0.333 e. The Balaban J connectivity index is 1.91. The molecule has 0 amide bonds. The molecule has 0 saturated carbocycles. The average Bonchev–Trinajstić information content (AvgIpc) is 3.07. The molecule has 20 heavy (non-hydrogen) atoms. The first kappa shape index (κ1) is 13.5. The highest BCUT2D eigenvalue weighted by atomic mass is 32.1. The zero-order valence-electron chi connectivity index (χ0n) is 11.6. The van der Waals surface area contributed by atoms with Gasteiger partial charge in [-0.15, -0.1) is 22.7 Å². The van der Waals surface area contributed by atoms with Crippen LogP contribution < -0.4 is 0 Å². The molecule has 0 aromatic carbocycles. The van der Waals surface area contributed by atoms with Gasteiger partial charge in [0.2, 0.25) is 5.82 Å². The number of rotatable bonds is 4. The van der Waals surface area contributed by atoms with Crippen molar-refractivity contribution in [2.45, 2.75) is 27.2 Å². The third-order valence-corrected chi connectivity index (χ3v) is 4.82. The molecule has 0 fully saturated rings. The van der Waals surface area contributed by atoms with Gasteiger partial charge in [-0.25, -0.2) is 4.98 Å². The van der Waals surface area contributed by atoms with E-state index >= 15 is 0 Å². The van der Waals surface area contributed by atoms with Crippen LogP contribution in [0.4, 0.5) is 0 Å². The molecule has 0 atom stereocenters. The second-order valence-electron chi connectivity index (χ2n) is 5.02. The van der Waals surface area contributed by atoms with E-state index in [0.717, 1.165) is 26.9 Å². The largest absolute Gasteiger partial charge is 0.333 e. The van der Waals surface area contributed by atoms with Crippen LogP contribution in [0.5, 0.6) is 0 Å². The molecule has 0 unspecified atom stereocenters. The predicted molar refractivity (Wildman–Crippen MR) is 82.0 cm³/mol. The summed E-state index contributed by atoms with van der Waals surface area (Å²) in [5.41, 5.74) is 0.965. The first-order chi connectivity index (χ1) is 9.63. The normalized spacial score (nSPS) is 11.4. The molecule has 6 heteroatoms. The highest BCUT2D eigenvalue weighted by Crippen LogP contribution is 2.32. The van der Waals surface area contributed by atoms with Gasteiger partial charge in [-0.1, -0.05) is 25.1 Å². The van der Waals surface area contributed by atoms with Crippen LogP contribution >= 0.6 is 22.7 Å². The molecule has 3 aromatic rings. The molecule has 3 heterocycles. The lowest BCUT2D eigenvalue weighted by atomic mass is 10.1. The summed E-state index contributed by atoms with van der Waals surface area (Å²) in [4.78, 5) is 11.1. The van der Waals surface area contributed by atoms with Gasteiger partial charge in [0.05, 0.1) is 15.6 Å². The molecule has 3 aromatic heterocycles. The fourth-order valence-electron chi connectivity index (χ4n) is 1.91. The van der Waals surface area contributed by atoms with Crippen molar-refractivity contribution in [2.24, 2.45) is 5.92 Å². The first-order valence-electron chi connectivity index (χ1n) is 6.47. The number of thiophene rings is 1. The molecule has 104 valence electrons. The van der Waals surface area contributed by atoms with Gasteiger partial charge in [0.15, 0.2) is 0 Å². The van der Waals surface area contributed by atoms with Gasteiger partial charge >= 0.3 is 0 Å². The number of hydrogen-bond donors (Lipinski definition) is 0. The second-order valence-corrected chi connectivity index (χ2v) is 7.05. The van der Waals surface area contributed by atoms with Gasteiger partial charge in [0, 0.05) is 6.42 Å². The average molecular weight is 305 g/mol. The molecule has 0 aliphatic heterocycles. The SMILES string of the molecule is Cc1nc(CC(C)C)sc1-c1nc(-c2cccs2)no1. The van der Waals surface area contributed by atoms with E-state index in [2.05, 4.69) is 29.0 Å². The number of thiazole rings is 1. The number of nitrogens with zero attached hydrogens (tertiary/aromatic N) is 3. The summed E-state index contributed by atoms with van der Waals surface area (Å²) < 4.78 is 5.39. The fraction of sp³-hybridized carbons (Fsp3) is 0.357. The summed E-state index contributed by atoms with van der Waals surface area (Å²) in [6, 6.07) is 3.97. The van der Waals surface area contributed by atoms with Crippen molar-refractivity contribution in [3.05, 3.63) is 28.2 Å². The minimum absolute atomic E-state index is 0.568. The Labute approximate surface area is 125 Å². The van der Waals surface area contributed by atoms with Crippen molar-refractivity contribution in [1.29, 1.82) is 0 Å². The summed E-state index contributed by atoms with van der Waals surface area (Å²) in [5, 5.41) is 7.18. The fourth-order valence-corrected chi connectivity index (χ4v) is 3.76. The maximum absolute atomic E-state index is 5.39. The van der Waals surface area contributed by atoms with Gasteiger partial charge in [0.25, 0.3) is 5.89 Å². The van der Waals surface area contributed by atoms with Crippen molar-refractivity contribution in [2.75, 3.05) is 0 Å². The Morgan fingerprint density at radius 3 is 2.85 bits per heavy atom. The van der Waals surface area contributed by atoms with Gasteiger partial charge in [-0.05, 0) is 24.3 Å². The van der Waals surface area contributed by atoms with E-state index in [1.165, 1.54) is 0 Å². The van der Waals surface area contributed by atoms with Crippen molar-refractivity contribution in [3.63, 3.8) is 0 Å². The van der Waals surface area contributed by atoms with E-state index in [-0.39, 0.29) is 0 Å². The van der Waals surface area contributed by atoms with Crippen LogP contribution in [0.2, 0.25) is 0 Å². The monoisotopic (exact) mass is 305 g/mol. The van der Waals surface area contributed by atoms with E-state index in [1.807, 2.05) is 24.4 Å². The van der Waals surface area contributed by atoms with Gasteiger partial charge < -0.3 is 4.52 Å². The summed E-state index contributed by atoms with van der Waals surface area (Å²) >= 11 is 3.25. The van der Waals surface area contributed by atoms with Crippen LogP contribution in [0.3, 0.4) is 0 Å². The molecular weight excluding hydrogens is 290 g/mol. The van der Waals surface area contributed by atoms with Crippen LogP contribution in [0, 0.1) is 12.8 Å². The quantitative estimate of drug-likeness (QED) is 0.715. The molecule has 0 aliphatic rings. The Bertz CT molecular complexity index is 698. The molecule has 0 N–H and O–H groups in total. The molecule has 3 rings (SSSR count). The van der Waals surface area contributed by atoms with E-state index in [9.17, 15) is 0 Å². The van der Waals surface area contributed by atoms with E-state index < -0.39 is 0 Å². The van der Waals surface area contributed by atoms with E-state index in [4.69, 9.17) is 4.52 Å². The van der Waals surface area contributed by atoms with Crippen molar-refractivity contribution in [3.8, 4) is 21.5 Å². The van der Waals surface area contributed by atoms with Gasteiger partial charge in [-0.2, -0.15) is 4.98 Å². The summed E-state index contributed by atoms with van der Waals surface area (Å²) in [6.07, 6.45) is 0.984. The molecule has 0 bridgehead atoms. The minimum atomic E-state index is 0.568. The maximum Gasteiger partial charge on any atom is 0.270 e. The second kappa shape index (κ2) is 5.46. The summed E-state index contributed by atoms with van der Waals surface area (Å²) in [7, 11) is 0. The van der Waals surface area contributed by atoms with Gasteiger partial charge in [-0.3, -0.25) is 0 Å². The van der Waals surface area contributed by atoms with Crippen LogP contribution in [0.1, 0.15) is 24.5 Å². The lowest BCUT2D eigenvalue weighted by molar-refractivity contribution is 0.433. The van der Waals surface area contributed by atoms with Crippen molar-refractivity contribution in [1.82, 2.24) is 15.1 Å². The standard InChI is InChI=1S/C14H15N3OS2/c1-8(2)7-11-15-9(3)12(20-11)14-16-13(17-18-14)10-5-4-6-19-10/h4-6,8H,7H2,1-3H3. The topological polar surface area (TPSA) is 51.8 Å². The van der Waals surface area contributed by atoms with Crippen LogP contribution in [0.25, 0.3) is 21.5 Å². The van der Waals surface area contributed by atoms with Crippen molar-refractivity contribution >= 4 is 22.7 Å². The zero-order chi connectivity index (χ0) is 14.1. The Kier molecular flexibility index (Phi) is 3.67. The molecule has 0 spiro atoms. The summed E-state index contributed by atoms with van der Waals surface area (Å²) in [5.74, 6) is 1.81. The van der Waals surface area contributed by atoms with Gasteiger partial charge in [0.1, 0.15) is 4.88 Å². The molecule has 0 aliphatic carbocycles. The Morgan fingerprint density at radius 1 is 1.30 bits per heavy atom. The lowest BCUT2D eigenvalue weighted by Crippen LogP contribution is -1.92. The summed E-state index contributed by atoms with van der Waals surface area (Å²) in [6.45, 7) is 6.38. The number of aryl methyl sites for hydroxylation is 1. The molecular formula is C14H15N3OS2. The van der Waals surface area contributed by atoms with Crippen LogP contribution in [0.15, 0.2) is 22.0 Å². The first-order valence-corrected chi connectivity index (χ1v) is 8.17. The highest BCUT2D eigenvalue weighted by molar-refractivity contribution is 7.15. The Morgan fingerprint density at radius 2 is 2.15 bits per heavy atom. The third-order valence-electron chi connectivity index (χ3n) is 2.79.